The molecule has 0 aromatic rings. The van der Waals surface area contributed by atoms with Gasteiger partial charge < -0.3 is 19.3 Å². The Morgan fingerprint density at radius 3 is 2.79 bits per heavy atom. The average molecular weight is 270 g/mol. The third-order valence-electron chi connectivity index (χ3n) is 3.89. The maximum Gasteiger partial charge on any atom is 0.242 e. The number of nitrogens with zero attached hydrogens (tertiary/aromatic N) is 2. The van der Waals surface area contributed by atoms with Crippen molar-refractivity contribution in [3.05, 3.63) is 0 Å². The molecule has 0 radical (unpaired) electrons. The molecule has 2 aliphatic rings. The van der Waals surface area contributed by atoms with Crippen molar-refractivity contribution in [3.63, 3.8) is 0 Å². The monoisotopic (exact) mass is 270 g/mol. The molecule has 0 N–H and O–H groups in total. The van der Waals surface area contributed by atoms with Gasteiger partial charge in [0.2, 0.25) is 11.8 Å². The summed E-state index contributed by atoms with van der Waals surface area (Å²) < 4.78 is 10.5. The van der Waals surface area contributed by atoms with E-state index in [2.05, 4.69) is 0 Å². The smallest absolute Gasteiger partial charge is 0.242 e. The molecule has 2 aliphatic heterocycles. The molecule has 0 aromatic carbocycles. The molecule has 6 nitrogen and oxygen atoms in total. The Labute approximate surface area is 113 Å². The van der Waals surface area contributed by atoms with Gasteiger partial charge in [-0.05, 0) is 12.8 Å². The zero-order chi connectivity index (χ0) is 13.8. The lowest BCUT2D eigenvalue weighted by Gasteiger charge is -2.26. The average Bonchev–Trinajstić information content (AvgIpc) is 2.97. The van der Waals surface area contributed by atoms with Crippen LogP contribution in [0.3, 0.4) is 0 Å². The van der Waals surface area contributed by atoms with E-state index in [1.807, 2.05) is 0 Å². The Bertz CT molecular complexity index is 348. The van der Waals surface area contributed by atoms with Crippen LogP contribution >= 0.6 is 0 Å². The predicted molar refractivity (Wildman–Crippen MR) is 68.6 cm³/mol. The second-order valence-corrected chi connectivity index (χ2v) is 5.17. The van der Waals surface area contributed by atoms with Crippen LogP contribution in [0.25, 0.3) is 0 Å². The van der Waals surface area contributed by atoms with Gasteiger partial charge in [-0.1, -0.05) is 0 Å². The van der Waals surface area contributed by atoms with Gasteiger partial charge in [0.15, 0.2) is 0 Å². The van der Waals surface area contributed by atoms with Crippen molar-refractivity contribution in [2.24, 2.45) is 0 Å². The van der Waals surface area contributed by atoms with E-state index in [9.17, 15) is 9.59 Å². The first-order valence-electron chi connectivity index (χ1n) is 6.74. The highest BCUT2D eigenvalue weighted by Crippen LogP contribution is 2.21. The fourth-order valence-corrected chi connectivity index (χ4v) is 2.83. The minimum Gasteiger partial charge on any atom is -0.383 e. The number of rotatable bonds is 5. The molecule has 2 saturated heterocycles. The molecule has 2 rings (SSSR count). The molecule has 2 fully saturated rings. The first-order chi connectivity index (χ1) is 9.15. The Morgan fingerprint density at radius 2 is 2.21 bits per heavy atom. The maximum absolute atomic E-state index is 12.3. The van der Waals surface area contributed by atoms with Crippen LogP contribution in [0.2, 0.25) is 0 Å². The van der Waals surface area contributed by atoms with Gasteiger partial charge in [0, 0.05) is 33.7 Å². The summed E-state index contributed by atoms with van der Waals surface area (Å²) in [5, 5.41) is 0. The van der Waals surface area contributed by atoms with Crippen LogP contribution in [0.15, 0.2) is 0 Å². The lowest BCUT2D eigenvalue weighted by molar-refractivity contribution is -0.139. The van der Waals surface area contributed by atoms with E-state index in [0.29, 0.717) is 26.1 Å². The van der Waals surface area contributed by atoms with Crippen molar-refractivity contribution < 1.29 is 19.1 Å². The molecule has 19 heavy (non-hydrogen) atoms. The molecule has 108 valence electrons. The van der Waals surface area contributed by atoms with Gasteiger partial charge in [-0.3, -0.25) is 9.59 Å². The lowest BCUT2D eigenvalue weighted by Crippen LogP contribution is -2.44. The van der Waals surface area contributed by atoms with Crippen molar-refractivity contribution in [1.29, 1.82) is 0 Å². The standard InChI is InChI=1S/C13H22N2O4/c1-18-9-10-6-11(19-2)7-15(10)13(17)8-14-5-3-4-12(14)16/h10-11H,3-9H2,1-2H3/t10-,11+/m0/s1. The van der Waals surface area contributed by atoms with E-state index in [0.717, 1.165) is 12.8 Å². The molecule has 0 saturated carbocycles. The van der Waals surface area contributed by atoms with Gasteiger partial charge in [-0.25, -0.2) is 0 Å². The van der Waals surface area contributed by atoms with Crippen LogP contribution in [0, 0.1) is 0 Å². The van der Waals surface area contributed by atoms with Crippen LogP contribution in [0.1, 0.15) is 19.3 Å². The van der Waals surface area contributed by atoms with Crippen LogP contribution in [-0.2, 0) is 19.1 Å². The lowest BCUT2D eigenvalue weighted by atomic mass is 10.2. The summed E-state index contributed by atoms with van der Waals surface area (Å²) in [6.07, 6.45) is 2.28. The zero-order valence-corrected chi connectivity index (χ0v) is 11.6. The van der Waals surface area contributed by atoms with Crippen molar-refractivity contribution in [1.82, 2.24) is 9.80 Å². The highest BCUT2D eigenvalue weighted by atomic mass is 16.5. The zero-order valence-electron chi connectivity index (χ0n) is 11.6. The third-order valence-corrected chi connectivity index (χ3v) is 3.89. The summed E-state index contributed by atoms with van der Waals surface area (Å²) in [6, 6.07) is 0.0557. The van der Waals surface area contributed by atoms with E-state index in [1.54, 1.807) is 24.0 Å². The number of ether oxygens (including phenoxy) is 2. The van der Waals surface area contributed by atoms with Crippen LogP contribution in [0.4, 0.5) is 0 Å². The van der Waals surface area contributed by atoms with E-state index in [1.165, 1.54) is 0 Å². The van der Waals surface area contributed by atoms with Gasteiger partial charge in [-0.15, -0.1) is 0 Å². The molecule has 0 aromatic heterocycles. The molecule has 6 heteroatoms. The van der Waals surface area contributed by atoms with E-state index in [4.69, 9.17) is 9.47 Å². The van der Waals surface area contributed by atoms with Crippen LogP contribution < -0.4 is 0 Å². The number of carbonyl (C=O) groups excluding carboxylic acids is 2. The number of amides is 2. The van der Waals surface area contributed by atoms with E-state index in [-0.39, 0.29) is 30.5 Å². The minimum absolute atomic E-state index is 0.00292. The Balaban J connectivity index is 1.94. The summed E-state index contributed by atoms with van der Waals surface area (Å²) in [6.45, 7) is 1.99. The number of carbonyl (C=O) groups is 2. The summed E-state index contributed by atoms with van der Waals surface area (Å²) in [4.78, 5) is 27.3. The summed E-state index contributed by atoms with van der Waals surface area (Å²) in [5.41, 5.74) is 0. The number of likely N-dealkylation sites (tertiary alicyclic amines) is 2. The Morgan fingerprint density at radius 1 is 1.42 bits per heavy atom. The van der Waals surface area contributed by atoms with Gasteiger partial charge in [-0.2, -0.15) is 0 Å². The second kappa shape index (κ2) is 6.34. The molecule has 2 atom stereocenters. The van der Waals surface area contributed by atoms with Gasteiger partial charge in [0.1, 0.15) is 0 Å². The van der Waals surface area contributed by atoms with E-state index < -0.39 is 0 Å². The summed E-state index contributed by atoms with van der Waals surface area (Å²) in [5.74, 6) is 0.0796. The van der Waals surface area contributed by atoms with Crippen molar-refractivity contribution in [3.8, 4) is 0 Å². The molecule has 0 unspecified atom stereocenters. The summed E-state index contributed by atoms with van der Waals surface area (Å²) >= 11 is 0. The third kappa shape index (κ3) is 3.25. The van der Waals surface area contributed by atoms with Gasteiger partial charge in [0.05, 0.1) is 25.3 Å². The largest absolute Gasteiger partial charge is 0.383 e. The normalized spacial score (nSPS) is 27.4. The molecular formula is C13H22N2O4. The Kier molecular flexibility index (Phi) is 4.76. The fraction of sp³-hybridized carbons (Fsp3) is 0.846. The van der Waals surface area contributed by atoms with Gasteiger partial charge in [0.25, 0.3) is 0 Å². The van der Waals surface area contributed by atoms with Gasteiger partial charge >= 0.3 is 0 Å². The van der Waals surface area contributed by atoms with Crippen molar-refractivity contribution >= 4 is 11.8 Å². The number of hydrogen-bond donors (Lipinski definition) is 0. The first-order valence-corrected chi connectivity index (χ1v) is 6.74. The number of methoxy groups -OCH3 is 2. The molecule has 0 bridgehead atoms. The molecule has 2 amide bonds. The molecule has 0 spiro atoms. The van der Waals surface area contributed by atoms with Crippen molar-refractivity contribution in [2.75, 3.05) is 40.5 Å². The Hall–Kier alpha value is -1.14. The van der Waals surface area contributed by atoms with E-state index >= 15 is 0 Å². The quantitative estimate of drug-likeness (QED) is 0.698. The van der Waals surface area contributed by atoms with Crippen LogP contribution in [-0.4, -0.2) is 74.2 Å². The highest BCUT2D eigenvalue weighted by molar-refractivity contribution is 5.86. The molecular weight excluding hydrogens is 248 g/mol. The topological polar surface area (TPSA) is 59.1 Å². The van der Waals surface area contributed by atoms with Crippen molar-refractivity contribution in [2.45, 2.75) is 31.4 Å². The number of hydrogen-bond acceptors (Lipinski definition) is 4. The summed E-state index contributed by atoms with van der Waals surface area (Å²) in [7, 11) is 3.29. The molecule has 2 heterocycles. The maximum atomic E-state index is 12.3. The predicted octanol–water partition coefficient (Wildman–Crippen LogP) is -0.129. The first kappa shape index (κ1) is 14.3. The second-order valence-electron chi connectivity index (χ2n) is 5.17. The highest BCUT2D eigenvalue weighted by Gasteiger charge is 2.36. The minimum atomic E-state index is -0.00292. The van der Waals surface area contributed by atoms with Crippen LogP contribution in [0.5, 0.6) is 0 Å². The molecule has 0 aliphatic carbocycles. The fourth-order valence-electron chi connectivity index (χ4n) is 2.83. The SMILES string of the molecule is COC[C@@H]1C[C@@H](OC)CN1C(=O)CN1CCCC1=O.